The van der Waals surface area contributed by atoms with E-state index >= 15 is 0 Å². The molecule has 0 aromatic rings. The number of nitrogens with zero attached hydrogens (tertiary/aromatic N) is 1. The Labute approximate surface area is 82.7 Å². The van der Waals surface area contributed by atoms with Crippen LogP contribution in [0.15, 0.2) is 0 Å². The van der Waals surface area contributed by atoms with E-state index in [1.807, 2.05) is 0 Å². The van der Waals surface area contributed by atoms with Crippen LogP contribution in [0.3, 0.4) is 0 Å². The first kappa shape index (κ1) is 11.0. The standard InChI is InChI=1S/C11H24N2/c1-4-10(3)13(5-2)9-11-7-6-8-12-11/h10-12H,4-9H2,1-3H3/t10?,11-/m0/s1. The number of nitrogens with one attached hydrogen (secondary N) is 1. The van der Waals surface area contributed by atoms with Crippen LogP contribution in [0.2, 0.25) is 0 Å². The van der Waals surface area contributed by atoms with Crippen LogP contribution in [-0.4, -0.2) is 36.6 Å². The molecule has 2 atom stereocenters. The molecule has 1 N–H and O–H groups in total. The smallest absolute Gasteiger partial charge is 0.0195 e. The van der Waals surface area contributed by atoms with E-state index in [1.54, 1.807) is 0 Å². The monoisotopic (exact) mass is 184 g/mol. The van der Waals surface area contributed by atoms with E-state index in [0.29, 0.717) is 0 Å². The molecule has 0 spiro atoms. The summed E-state index contributed by atoms with van der Waals surface area (Å²) in [6.45, 7) is 10.5. The highest BCUT2D eigenvalue weighted by Crippen LogP contribution is 2.10. The molecule has 0 bridgehead atoms. The maximum absolute atomic E-state index is 3.56. The van der Waals surface area contributed by atoms with Gasteiger partial charge in [0.2, 0.25) is 0 Å². The van der Waals surface area contributed by atoms with Crippen molar-refractivity contribution in [2.75, 3.05) is 19.6 Å². The van der Waals surface area contributed by atoms with Crippen LogP contribution in [0.5, 0.6) is 0 Å². The van der Waals surface area contributed by atoms with E-state index in [2.05, 4.69) is 31.0 Å². The van der Waals surface area contributed by atoms with Crippen molar-refractivity contribution in [2.45, 2.75) is 52.1 Å². The third-order valence-electron chi connectivity index (χ3n) is 3.24. The molecule has 1 fully saturated rings. The molecule has 1 saturated heterocycles. The van der Waals surface area contributed by atoms with Crippen LogP contribution in [0.4, 0.5) is 0 Å². The molecule has 1 unspecified atom stereocenters. The first-order valence-electron chi connectivity index (χ1n) is 5.75. The molecule has 2 heteroatoms. The number of hydrogen-bond donors (Lipinski definition) is 1. The zero-order valence-electron chi connectivity index (χ0n) is 9.34. The largest absolute Gasteiger partial charge is 0.313 e. The van der Waals surface area contributed by atoms with Gasteiger partial charge in [0.25, 0.3) is 0 Å². The van der Waals surface area contributed by atoms with E-state index in [9.17, 15) is 0 Å². The molecule has 78 valence electrons. The summed E-state index contributed by atoms with van der Waals surface area (Å²) in [4.78, 5) is 2.59. The number of likely N-dealkylation sites (N-methyl/N-ethyl adjacent to an activating group) is 1. The Kier molecular flexibility index (Phi) is 4.74. The van der Waals surface area contributed by atoms with Crippen molar-refractivity contribution >= 4 is 0 Å². The normalized spacial score (nSPS) is 25.4. The van der Waals surface area contributed by atoms with Gasteiger partial charge in [0, 0.05) is 18.6 Å². The second-order valence-corrected chi connectivity index (χ2v) is 4.14. The Hall–Kier alpha value is -0.0800. The summed E-state index contributed by atoms with van der Waals surface area (Å²) in [6, 6.07) is 1.50. The fourth-order valence-corrected chi connectivity index (χ4v) is 2.07. The summed E-state index contributed by atoms with van der Waals surface area (Å²) >= 11 is 0. The van der Waals surface area contributed by atoms with Gasteiger partial charge in [-0.15, -0.1) is 0 Å². The van der Waals surface area contributed by atoms with Gasteiger partial charge >= 0.3 is 0 Å². The molecule has 0 aromatic carbocycles. The fraction of sp³-hybridized carbons (Fsp3) is 1.00. The van der Waals surface area contributed by atoms with Gasteiger partial charge < -0.3 is 5.32 Å². The summed E-state index contributed by atoms with van der Waals surface area (Å²) in [5.74, 6) is 0. The molecule has 2 nitrogen and oxygen atoms in total. The summed E-state index contributed by atoms with van der Waals surface area (Å²) in [5.41, 5.74) is 0. The van der Waals surface area contributed by atoms with Crippen molar-refractivity contribution in [3.8, 4) is 0 Å². The lowest BCUT2D eigenvalue weighted by Crippen LogP contribution is -2.41. The van der Waals surface area contributed by atoms with Crippen molar-refractivity contribution in [2.24, 2.45) is 0 Å². The van der Waals surface area contributed by atoms with E-state index < -0.39 is 0 Å². The Bertz CT molecular complexity index is 130. The van der Waals surface area contributed by atoms with Gasteiger partial charge in [0.1, 0.15) is 0 Å². The average Bonchev–Trinajstić information content (AvgIpc) is 2.65. The summed E-state index contributed by atoms with van der Waals surface area (Å²) in [6.07, 6.45) is 4.00. The lowest BCUT2D eigenvalue weighted by Gasteiger charge is -2.29. The molecule has 0 saturated carbocycles. The molecule has 0 aromatic heterocycles. The Morgan fingerprint density at radius 3 is 2.69 bits per heavy atom. The number of rotatable bonds is 5. The fourth-order valence-electron chi connectivity index (χ4n) is 2.07. The van der Waals surface area contributed by atoms with Crippen LogP contribution in [0.25, 0.3) is 0 Å². The second kappa shape index (κ2) is 5.61. The van der Waals surface area contributed by atoms with E-state index in [1.165, 1.54) is 38.9 Å². The number of hydrogen-bond acceptors (Lipinski definition) is 2. The van der Waals surface area contributed by atoms with Gasteiger partial charge in [-0.3, -0.25) is 4.90 Å². The zero-order chi connectivity index (χ0) is 9.68. The van der Waals surface area contributed by atoms with Gasteiger partial charge in [-0.25, -0.2) is 0 Å². The van der Waals surface area contributed by atoms with Crippen LogP contribution in [-0.2, 0) is 0 Å². The van der Waals surface area contributed by atoms with Gasteiger partial charge in [0.05, 0.1) is 0 Å². The summed E-state index contributed by atoms with van der Waals surface area (Å²) in [5, 5.41) is 3.56. The van der Waals surface area contributed by atoms with Crippen LogP contribution < -0.4 is 5.32 Å². The topological polar surface area (TPSA) is 15.3 Å². The predicted octanol–water partition coefficient (Wildman–Crippen LogP) is 1.86. The molecule has 1 aliphatic heterocycles. The van der Waals surface area contributed by atoms with E-state index in [4.69, 9.17) is 0 Å². The minimum Gasteiger partial charge on any atom is -0.313 e. The highest BCUT2D eigenvalue weighted by atomic mass is 15.2. The second-order valence-electron chi connectivity index (χ2n) is 4.14. The minimum absolute atomic E-state index is 0.743. The van der Waals surface area contributed by atoms with Crippen molar-refractivity contribution in [1.82, 2.24) is 10.2 Å². The van der Waals surface area contributed by atoms with Crippen LogP contribution >= 0.6 is 0 Å². The molecule has 1 rings (SSSR count). The van der Waals surface area contributed by atoms with Gasteiger partial charge in [0.15, 0.2) is 0 Å². The molecule has 0 amide bonds. The minimum atomic E-state index is 0.743. The van der Waals surface area contributed by atoms with Crippen molar-refractivity contribution in [3.05, 3.63) is 0 Å². The Morgan fingerprint density at radius 2 is 2.23 bits per heavy atom. The first-order valence-corrected chi connectivity index (χ1v) is 5.75. The highest BCUT2D eigenvalue weighted by Gasteiger charge is 2.19. The Morgan fingerprint density at radius 1 is 1.46 bits per heavy atom. The Balaban J connectivity index is 2.29. The SMILES string of the molecule is CCC(C)N(CC)C[C@@H]1CCCN1. The molecule has 1 heterocycles. The van der Waals surface area contributed by atoms with Crippen molar-refractivity contribution in [3.63, 3.8) is 0 Å². The van der Waals surface area contributed by atoms with Gasteiger partial charge in [-0.1, -0.05) is 13.8 Å². The predicted molar refractivity (Wildman–Crippen MR) is 58.0 cm³/mol. The summed E-state index contributed by atoms with van der Waals surface area (Å²) < 4.78 is 0. The molecular formula is C11H24N2. The third-order valence-corrected chi connectivity index (χ3v) is 3.24. The maximum atomic E-state index is 3.56. The third kappa shape index (κ3) is 3.28. The van der Waals surface area contributed by atoms with Gasteiger partial charge in [-0.2, -0.15) is 0 Å². The molecule has 0 aliphatic carbocycles. The zero-order valence-corrected chi connectivity index (χ0v) is 9.34. The lowest BCUT2D eigenvalue weighted by molar-refractivity contribution is 0.196. The van der Waals surface area contributed by atoms with Crippen molar-refractivity contribution in [1.29, 1.82) is 0 Å². The highest BCUT2D eigenvalue weighted by molar-refractivity contribution is 4.79. The first-order chi connectivity index (χ1) is 6.27. The van der Waals surface area contributed by atoms with Gasteiger partial charge in [-0.05, 0) is 39.3 Å². The molecule has 1 aliphatic rings. The van der Waals surface area contributed by atoms with Crippen molar-refractivity contribution < 1.29 is 0 Å². The quantitative estimate of drug-likeness (QED) is 0.701. The maximum Gasteiger partial charge on any atom is 0.0195 e. The average molecular weight is 184 g/mol. The van der Waals surface area contributed by atoms with E-state index in [0.717, 1.165) is 12.1 Å². The molecule has 0 radical (unpaired) electrons. The van der Waals surface area contributed by atoms with Crippen LogP contribution in [0.1, 0.15) is 40.0 Å². The summed E-state index contributed by atoms with van der Waals surface area (Å²) in [7, 11) is 0. The van der Waals surface area contributed by atoms with E-state index in [-0.39, 0.29) is 0 Å². The van der Waals surface area contributed by atoms with Crippen LogP contribution in [0, 0.1) is 0 Å². The molecular weight excluding hydrogens is 160 g/mol. The molecule has 13 heavy (non-hydrogen) atoms. The lowest BCUT2D eigenvalue weighted by atomic mass is 10.1.